The van der Waals surface area contributed by atoms with E-state index in [0.717, 1.165) is 13.7 Å². The molecule has 0 bridgehead atoms. The lowest BCUT2D eigenvalue weighted by Gasteiger charge is -2.18. The highest BCUT2D eigenvalue weighted by atomic mass is 127. The summed E-state index contributed by atoms with van der Waals surface area (Å²) in [5, 5.41) is 0. The van der Waals surface area contributed by atoms with Gasteiger partial charge in [0.25, 0.3) is 0 Å². The summed E-state index contributed by atoms with van der Waals surface area (Å²) in [7, 11) is 1.67. The fraction of sp³-hybridized carbons (Fsp3) is 0.364. The van der Waals surface area contributed by atoms with Crippen molar-refractivity contribution in [3.8, 4) is 0 Å². The summed E-state index contributed by atoms with van der Waals surface area (Å²) in [5.74, 6) is -0.493. The Morgan fingerprint density at radius 3 is 2.74 bits per heavy atom. The summed E-state index contributed by atoms with van der Waals surface area (Å²) in [6.07, 6.45) is 0.213. The third-order valence-electron chi connectivity index (χ3n) is 2.84. The van der Waals surface area contributed by atoms with Gasteiger partial charge < -0.3 is 4.90 Å². The van der Waals surface area contributed by atoms with Gasteiger partial charge in [-0.3, -0.25) is 4.79 Å². The van der Waals surface area contributed by atoms with E-state index >= 15 is 0 Å². The number of nitrogens with zero attached hydrogens (tertiary/aromatic N) is 1. The van der Waals surface area contributed by atoms with Crippen LogP contribution in [0.3, 0.4) is 0 Å². The molecule has 1 aliphatic rings. The molecule has 8 heteroatoms. The molecule has 1 atom stereocenters. The first-order valence-electron chi connectivity index (χ1n) is 5.44. The largest absolute Gasteiger partial charge is 0.311 e. The number of rotatable bonds is 3. The van der Waals surface area contributed by atoms with Crippen molar-refractivity contribution in [3.05, 3.63) is 26.2 Å². The van der Waals surface area contributed by atoms with Crippen LogP contribution in [-0.4, -0.2) is 26.6 Å². The zero-order chi connectivity index (χ0) is 14.2. The molecule has 0 radical (unpaired) electrons. The number of carbonyl (C=O) groups is 1. The number of anilines is 1. The van der Waals surface area contributed by atoms with Gasteiger partial charge in [-0.05, 0) is 56.7 Å². The average Bonchev–Trinajstić information content (AvgIpc) is 2.56. The second kappa shape index (κ2) is 5.87. The van der Waals surface area contributed by atoms with Crippen LogP contribution in [-0.2, 0) is 13.8 Å². The van der Waals surface area contributed by atoms with Crippen LogP contribution in [0.2, 0.25) is 0 Å². The summed E-state index contributed by atoms with van der Waals surface area (Å²) in [6, 6.07) is 5.66. The van der Waals surface area contributed by atoms with Crippen LogP contribution in [0.4, 0.5) is 5.69 Å². The highest BCUT2D eigenvalue weighted by molar-refractivity contribution is 14.1. The molecule has 0 N–H and O–H groups in total. The molecule has 4 nitrogen and oxygen atoms in total. The monoisotopic (exact) mass is 477 g/mol. The Hall–Kier alpha value is 0.140. The van der Waals surface area contributed by atoms with Gasteiger partial charge in [-0.15, -0.1) is 0 Å². The zero-order valence-corrected chi connectivity index (χ0v) is 15.0. The third kappa shape index (κ3) is 4.05. The fourth-order valence-corrected chi connectivity index (χ4v) is 4.94. The van der Waals surface area contributed by atoms with Crippen LogP contribution in [0.15, 0.2) is 22.7 Å². The van der Waals surface area contributed by atoms with Gasteiger partial charge in [0.1, 0.15) is 0 Å². The van der Waals surface area contributed by atoms with Crippen LogP contribution in [0.25, 0.3) is 0 Å². The highest BCUT2D eigenvalue weighted by Gasteiger charge is 2.33. The van der Waals surface area contributed by atoms with Gasteiger partial charge in [-0.1, -0.05) is 0 Å². The van der Waals surface area contributed by atoms with Gasteiger partial charge in [0, 0.05) is 37.6 Å². The number of amides is 1. The number of hydrogen-bond donors (Lipinski definition) is 0. The second-order valence-electron chi connectivity index (χ2n) is 4.38. The molecule has 1 saturated heterocycles. The molecule has 2 rings (SSSR count). The number of benzene rings is 1. The molecule has 19 heavy (non-hydrogen) atoms. The van der Waals surface area contributed by atoms with E-state index in [0.29, 0.717) is 6.54 Å². The Morgan fingerprint density at radius 2 is 2.16 bits per heavy atom. The summed E-state index contributed by atoms with van der Waals surface area (Å²) in [4.78, 5) is 13.6. The summed E-state index contributed by atoms with van der Waals surface area (Å²) < 4.78 is 24.0. The minimum absolute atomic E-state index is 0.0766. The second-order valence-corrected chi connectivity index (χ2v) is 9.30. The first-order valence-corrected chi connectivity index (χ1v) is 9.79. The predicted octanol–water partition coefficient (Wildman–Crippen LogP) is 2.98. The van der Waals surface area contributed by atoms with Crippen LogP contribution >= 0.6 is 49.2 Å². The SMILES string of the molecule is O=C1CC(CS(=O)(=O)Cl)CN1c1ccc(I)cc1Br. The summed E-state index contributed by atoms with van der Waals surface area (Å²) >= 11 is 5.61. The Kier molecular flexibility index (Phi) is 4.79. The van der Waals surface area contributed by atoms with Gasteiger partial charge in [0.05, 0.1) is 11.4 Å². The van der Waals surface area contributed by atoms with Crippen molar-refractivity contribution in [2.24, 2.45) is 5.92 Å². The van der Waals surface area contributed by atoms with Crippen molar-refractivity contribution >= 4 is 69.8 Å². The average molecular weight is 479 g/mol. The maximum Gasteiger partial charge on any atom is 0.232 e. The molecule has 1 unspecified atom stereocenters. The van der Waals surface area contributed by atoms with E-state index in [1.807, 2.05) is 18.2 Å². The Bertz CT molecular complexity index is 622. The van der Waals surface area contributed by atoms with E-state index in [-0.39, 0.29) is 24.0 Å². The molecule has 104 valence electrons. The van der Waals surface area contributed by atoms with Crippen molar-refractivity contribution in [3.63, 3.8) is 0 Å². The maximum atomic E-state index is 12.0. The first kappa shape index (κ1) is 15.5. The Morgan fingerprint density at radius 1 is 1.47 bits per heavy atom. The Labute approximate surface area is 138 Å². The van der Waals surface area contributed by atoms with Crippen molar-refractivity contribution in [2.75, 3.05) is 17.2 Å². The molecule has 1 amide bonds. The molecular formula is C11H10BrClINO3S. The van der Waals surface area contributed by atoms with Gasteiger partial charge in [-0.25, -0.2) is 8.42 Å². The normalized spacial score (nSPS) is 20.1. The van der Waals surface area contributed by atoms with Crippen LogP contribution in [0, 0.1) is 9.49 Å². The van der Waals surface area contributed by atoms with Crippen LogP contribution in [0.5, 0.6) is 0 Å². The van der Waals surface area contributed by atoms with Crippen molar-refractivity contribution < 1.29 is 13.2 Å². The smallest absolute Gasteiger partial charge is 0.232 e. The molecule has 0 aromatic heterocycles. The van der Waals surface area contributed by atoms with E-state index in [4.69, 9.17) is 10.7 Å². The van der Waals surface area contributed by atoms with E-state index in [2.05, 4.69) is 38.5 Å². The molecule has 1 aromatic rings. The van der Waals surface area contributed by atoms with Gasteiger partial charge in [-0.2, -0.15) is 0 Å². The molecule has 1 aliphatic heterocycles. The van der Waals surface area contributed by atoms with Crippen molar-refractivity contribution in [1.82, 2.24) is 0 Å². The van der Waals surface area contributed by atoms with Gasteiger partial charge in [0.2, 0.25) is 15.0 Å². The molecule has 0 saturated carbocycles. The van der Waals surface area contributed by atoms with E-state index in [1.54, 1.807) is 4.90 Å². The topological polar surface area (TPSA) is 54.5 Å². The first-order chi connectivity index (χ1) is 8.76. The highest BCUT2D eigenvalue weighted by Crippen LogP contribution is 2.33. The molecule has 1 fully saturated rings. The molecular weight excluding hydrogens is 468 g/mol. The van der Waals surface area contributed by atoms with Gasteiger partial charge in [0.15, 0.2) is 0 Å². The Balaban J connectivity index is 2.20. The standard InChI is InChI=1S/C11H10BrClINO3S/c12-9-4-8(14)1-2-10(9)15-5-7(3-11(15)16)6-19(13,17)18/h1-2,4,7H,3,5-6H2. The van der Waals surface area contributed by atoms with E-state index in [9.17, 15) is 13.2 Å². The van der Waals surface area contributed by atoms with Gasteiger partial charge >= 0.3 is 0 Å². The molecule has 0 aliphatic carbocycles. The third-order valence-corrected chi connectivity index (χ3v) is 5.39. The van der Waals surface area contributed by atoms with E-state index < -0.39 is 9.05 Å². The molecule has 1 aromatic carbocycles. The molecule has 1 heterocycles. The van der Waals surface area contributed by atoms with Crippen molar-refractivity contribution in [1.29, 1.82) is 0 Å². The lowest BCUT2D eigenvalue weighted by atomic mass is 10.1. The van der Waals surface area contributed by atoms with E-state index in [1.165, 1.54) is 0 Å². The molecule has 0 spiro atoms. The number of carbonyl (C=O) groups excluding carboxylic acids is 1. The van der Waals surface area contributed by atoms with Crippen molar-refractivity contribution in [2.45, 2.75) is 6.42 Å². The maximum absolute atomic E-state index is 12.0. The minimum Gasteiger partial charge on any atom is -0.311 e. The number of hydrogen-bond acceptors (Lipinski definition) is 3. The van der Waals surface area contributed by atoms with Crippen LogP contribution in [0.1, 0.15) is 6.42 Å². The summed E-state index contributed by atoms with van der Waals surface area (Å²) in [6.45, 7) is 0.379. The predicted molar refractivity (Wildman–Crippen MR) is 87.0 cm³/mol. The zero-order valence-electron chi connectivity index (χ0n) is 9.64. The quantitative estimate of drug-likeness (QED) is 0.496. The van der Waals surface area contributed by atoms with Crippen LogP contribution < -0.4 is 4.90 Å². The lowest BCUT2D eigenvalue weighted by Crippen LogP contribution is -2.25. The summed E-state index contributed by atoms with van der Waals surface area (Å²) in [5.41, 5.74) is 0.764. The minimum atomic E-state index is -3.57. The lowest BCUT2D eigenvalue weighted by molar-refractivity contribution is -0.117. The fourth-order valence-electron chi connectivity index (χ4n) is 2.11. The number of halogens is 3.